The number of hydrogen-bond donors (Lipinski definition) is 0. The summed E-state index contributed by atoms with van der Waals surface area (Å²) in [6, 6.07) is 11.1. The van der Waals surface area contributed by atoms with Gasteiger partial charge in [-0.3, -0.25) is 0 Å². The highest BCUT2D eigenvalue weighted by molar-refractivity contribution is 9.10. The normalized spacial score (nSPS) is 17.6. The van der Waals surface area contributed by atoms with Crippen molar-refractivity contribution in [1.82, 2.24) is 8.61 Å². The van der Waals surface area contributed by atoms with Crippen LogP contribution in [0.5, 0.6) is 0 Å². The van der Waals surface area contributed by atoms with E-state index in [1.165, 1.54) is 26.8 Å². The fraction of sp³-hybridized carbons (Fsp3) is 0.294. The molecule has 1 saturated heterocycles. The van der Waals surface area contributed by atoms with Crippen LogP contribution in [0, 0.1) is 5.82 Å². The van der Waals surface area contributed by atoms with Gasteiger partial charge < -0.3 is 0 Å². The van der Waals surface area contributed by atoms with Crippen LogP contribution in [-0.2, 0) is 20.0 Å². The van der Waals surface area contributed by atoms with E-state index in [-0.39, 0.29) is 36.0 Å². The molecule has 0 unspecified atom stereocenters. The van der Waals surface area contributed by atoms with Gasteiger partial charge in [0.25, 0.3) is 0 Å². The average Bonchev–Trinajstić information content (AvgIpc) is 2.89. The first-order chi connectivity index (χ1) is 12.7. The predicted octanol–water partition coefficient (Wildman–Crippen LogP) is 2.67. The summed E-state index contributed by atoms with van der Waals surface area (Å²) < 4.78 is 67.4. The van der Waals surface area contributed by atoms with Crippen LogP contribution in [0.4, 0.5) is 4.39 Å². The third-order valence-corrected chi connectivity index (χ3v) is 9.14. The van der Waals surface area contributed by atoms with E-state index >= 15 is 0 Å². The van der Waals surface area contributed by atoms with Gasteiger partial charge in [-0.05, 0) is 58.7 Å². The molecule has 27 heavy (non-hydrogen) atoms. The Morgan fingerprint density at radius 3 is 1.93 bits per heavy atom. The van der Waals surface area contributed by atoms with Gasteiger partial charge in [-0.15, -0.1) is 0 Å². The minimum absolute atomic E-state index is 0.00832. The van der Waals surface area contributed by atoms with Gasteiger partial charge in [-0.25, -0.2) is 21.2 Å². The Kier molecular flexibility index (Phi) is 6.02. The van der Waals surface area contributed by atoms with Crippen LogP contribution in [-0.4, -0.2) is 51.6 Å². The van der Waals surface area contributed by atoms with Crippen LogP contribution in [0.2, 0.25) is 0 Å². The van der Waals surface area contributed by atoms with Gasteiger partial charge in [-0.2, -0.15) is 8.61 Å². The van der Waals surface area contributed by atoms with Gasteiger partial charge in [0.1, 0.15) is 5.82 Å². The molecular weight excluding hydrogens is 459 g/mol. The third-order valence-electron chi connectivity index (χ3n) is 4.32. The van der Waals surface area contributed by atoms with Crippen molar-refractivity contribution in [1.29, 1.82) is 0 Å². The van der Waals surface area contributed by atoms with E-state index in [9.17, 15) is 21.2 Å². The fourth-order valence-electron chi connectivity index (χ4n) is 2.90. The van der Waals surface area contributed by atoms with Crippen molar-refractivity contribution < 1.29 is 21.2 Å². The van der Waals surface area contributed by atoms with Crippen molar-refractivity contribution >= 4 is 36.0 Å². The molecule has 1 heterocycles. The third kappa shape index (κ3) is 4.24. The Bertz CT molecular complexity index is 1030. The summed E-state index contributed by atoms with van der Waals surface area (Å²) in [5.74, 6) is -0.518. The molecule has 0 aliphatic carbocycles. The quantitative estimate of drug-likeness (QED) is 0.679. The highest BCUT2D eigenvalue weighted by atomic mass is 79.9. The Hall–Kier alpha value is -1.33. The molecule has 2 aromatic carbocycles. The number of nitrogens with zero attached hydrogens (tertiary/aromatic N) is 2. The lowest BCUT2D eigenvalue weighted by atomic mass is 10.4. The zero-order valence-electron chi connectivity index (χ0n) is 14.3. The molecule has 2 aromatic rings. The van der Waals surface area contributed by atoms with E-state index in [0.29, 0.717) is 10.9 Å². The van der Waals surface area contributed by atoms with Gasteiger partial charge in [0, 0.05) is 30.7 Å². The molecule has 0 radical (unpaired) electrons. The zero-order valence-corrected chi connectivity index (χ0v) is 17.5. The molecule has 0 N–H and O–H groups in total. The highest BCUT2D eigenvalue weighted by Crippen LogP contribution is 2.26. The summed E-state index contributed by atoms with van der Waals surface area (Å²) >= 11 is 3.26. The monoisotopic (exact) mass is 476 g/mol. The van der Waals surface area contributed by atoms with Crippen LogP contribution >= 0.6 is 15.9 Å². The van der Waals surface area contributed by atoms with E-state index in [1.54, 1.807) is 18.2 Å². The van der Waals surface area contributed by atoms with Crippen molar-refractivity contribution in [3.05, 3.63) is 58.8 Å². The van der Waals surface area contributed by atoms with E-state index in [2.05, 4.69) is 15.9 Å². The number of benzene rings is 2. The Balaban J connectivity index is 1.81. The minimum atomic E-state index is -3.81. The van der Waals surface area contributed by atoms with Crippen LogP contribution in [0.15, 0.2) is 62.8 Å². The molecule has 0 saturated carbocycles. The number of sulfonamides is 2. The highest BCUT2D eigenvalue weighted by Gasteiger charge is 2.32. The molecule has 3 rings (SSSR count). The lowest BCUT2D eigenvalue weighted by Crippen LogP contribution is -2.37. The molecule has 146 valence electrons. The predicted molar refractivity (Wildman–Crippen MR) is 103 cm³/mol. The summed E-state index contributed by atoms with van der Waals surface area (Å²) in [6.45, 7) is 0.494. The molecule has 0 spiro atoms. The summed E-state index contributed by atoms with van der Waals surface area (Å²) in [5, 5.41) is 0. The van der Waals surface area contributed by atoms with Crippen molar-refractivity contribution in [2.75, 3.05) is 26.2 Å². The van der Waals surface area contributed by atoms with Gasteiger partial charge in [0.2, 0.25) is 20.0 Å². The van der Waals surface area contributed by atoms with E-state index < -0.39 is 25.9 Å². The second-order valence-electron chi connectivity index (χ2n) is 6.05. The van der Waals surface area contributed by atoms with Gasteiger partial charge in [0.05, 0.1) is 9.79 Å². The van der Waals surface area contributed by atoms with E-state index in [4.69, 9.17) is 0 Å². The van der Waals surface area contributed by atoms with Crippen molar-refractivity contribution in [2.24, 2.45) is 0 Å². The van der Waals surface area contributed by atoms with Crippen LogP contribution in [0.25, 0.3) is 0 Å². The second kappa shape index (κ2) is 7.96. The van der Waals surface area contributed by atoms with Crippen molar-refractivity contribution in [3.63, 3.8) is 0 Å². The van der Waals surface area contributed by atoms with Crippen molar-refractivity contribution in [3.8, 4) is 0 Å². The number of rotatable bonds is 4. The first kappa shape index (κ1) is 20.4. The summed E-state index contributed by atoms with van der Waals surface area (Å²) in [4.78, 5) is 0.144. The molecule has 0 atom stereocenters. The molecule has 0 aromatic heterocycles. The van der Waals surface area contributed by atoms with E-state index in [0.717, 1.165) is 12.1 Å². The SMILES string of the molecule is O=S(=O)(c1ccc(F)cc1)N1CCCN(S(=O)(=O)c2ccccc2Br)CC1. The van der Waals surface area contributed by atoms with Crippen LogP contribution < -0.4 is 0 Å². The number of halogens is 2. The maximum atomic E-state index is 13.1. The Morgan fingerprint density at radius 1 is 0.778 bits per heavy atom. The van der Waals surface area contributed by atoms with Gasteiger partial charge in [0.15, 0.2) is 0 Å². The van der Waals surface area contributed by atoms with Crippen molar-refractivity contribution in [2.45, 2.75) is 16.2 Å². The molecule has 10 heteroatoms. The maximum Gasteiger partial charge on any atom is 0.244 e. The topological polar surface area (TPSA) is 74.8 Å². The summed E-state index contributed by atoms with van der Waals surface area (Å²) in [5.41, 5.74) is 0. The minimum Gasteiger partial charge on any atom is -0.207 e. The molecular formula is C17H18BrFN2O4S2. The Labute approximate surface area is 166 Å². The standard InChI is InChI=1S/C17H18BrFN2O4S2/c18-16-4-1-2-5-17(16)27(24,25)21-11-3-10-20(12-13-21)26(22,23)15-8-6-14(19)7-9-15/h1-2,4-9H,3,10-13H2. The van der Waals surface area contributed by atoms with Crippen LogP contribution in [0.3, 0.4) is 0 Å². The molecule has 1 fully saturated rings. The molecule has 0 amide bonds. The smallest absolute Gasteiger partial charge is 0.207 e. The Morgan fingerprint density at radius 2 is 1.33 bits per heavy atom. The largest absolute Gasteiger partial charge is 0.244 e. The van der Waals surface area contributed by atoms with Crippen LogP contribution in [0.1, 0.15) is 6.42 Å². The zero-order chi connectivity index (χ0) is 19.7. The van der Waals surface area contributed by atoms with E-state index in [1.807, 2.05) is 0 Å². The molecule has 0 bridgehead atoms. The first-order valence-electron chi connectivity index (χ1n) is 8.23. The maximum absolute atomic E-state index is 13.1. The van der Waals surface area contributed by atoms with Gasteiger partial charge >= 0.3 is 0 Å². The molecule has 1 aliphatic rings. The average molecular weight is 477 g/mol. The fourth-order valence-corrected chi connectivity index (χ4v) is 6.80. The number of hydrogen-bond acceptors (Lipinski definition) is 4. The summed E-state index contributed by atoms with van der Waals surface area (Å²) in [7, 11) is -7.55. The first-order valence-corrected chi connectivity index (χ1v) is 11.9. The molecule has 6 nitrogen and oxygen atoms in total. The lowest BCUT2D eigenvalue weighted by molar-refractivity contribution is 0.404. The lowest BCUT2D eigenvalue weighted by Gasteiger charge is -2.22. The second-order valence-corrected chi connectivity index (χ2v) is 10.7. The van der Waals surface area contributed by atoms with Gasteiger partial charge in [-0.1, -0.05) is 12.1 Å². The molecule has 1 aliphatic heterocycles. The summed E-state index contributed by atoms with van der Waals surface area (Å²) in [6.07, 6.45) is 0.365.